The predicted octanol–water partition coefficient (Wildman–Crippen LogP) is 3.65. The average molecular weight is 247 g/mol. The minimum absolute atomic E-state index is 0.695. The van der Waals surface area contributed by atoms with Gasteiger partial charge in [-0.15, -0.1) is 11.8 Å². The first-order valence-corrected chi connectivity index (χ1v) is 7.76. The third-order valence-corrected chi connectivity index (χ3v) is 5.15. The second kappa shape index (κ2) is 5.03. The fraction of sp³-hybridized carbons (Fsp3) is 0.600. The molecule has 1 saturated carbocycles. The largest absolute Gasteiger partial charge is 0.314 e. The van der Waals surface area contributed by atoms with E-state index in [1.54, 1.807) is 5.56 Å². The van der Waals surface area contributed by atoms with E-state index in [-0.39, 0.29) is 0 Å². The van der Waals surface area contributed by atoms with Gasteiger partial charge in [0, 0.05) is 29.2 Å². The Morgan fingerprint density at radius 2 is 2.18 bits per heavy atom. The van der Waals surface area contributed by atoms with Gasteiger partial charge in [-0.3, -0.25) is 0 Å². The Balaban J connectivity index is 1.52. The van der Waals surface area contributed by atoms with E-state index in [0.29, 0.717) is 6.04 Å². The molecular weight excluding hydrogens is 226 g/mol. The molecular formula is C15H21NS. The summed E-state index contributed by atoms with van der Waals surface area (Å²) in [6.07, 6.45) is 4.31. The summed E-state index contributed by atoms with van der Waals surface area (Å²) in [7, 11) is 0. The number of rotatable bonds is 5. The predicted molar refractivity (Wildman–Crippen MR) is 74.7 cm³/mol. The van der Waals surface area contributed by atoms with Crippen molar-refractivity contribution in [3.8, 4) is 0 Å². The van der Waals surface area contributed by atoms with Crippen LogP contribution in [0.4, 0.5) is 0 Å². The Hall–Kier alpha value is -0.470. The minimum Gasteiger partial charge on any atom is -0.314 e. The van der Waals surface area contributed by atoms with Crippen molar-refractivity contribution >= 4 is 11.8 Å². The smallest absolute Gasteiger partial charge is 0.0108 e. The lowest BCUT2D eigenvalue weighted by Crippen LogP contribution is -2.30. The molecule has 2 aliphatic rings. The Kier molecular flexibility index (Phi) is 3.44. The number of hydrogen-bond acceptors (Lipinski definition) is 2. The molecule has 3 rings (SSSR count). The van der Waals surface area contributed by atoms with Crippen LogP contribution < -0.4 is 5.32 Å². The fourth-order valence-electron chi connectivity index (χ4n) is 2.68. The van der Waals surface area contributed by atoms with Gasteiger partial charge in [-0.05, 0) is 30.9 Å². The molecule has 1 aliphatic heterocycles. The summed E-state index contributed by atoms with van der Waals surface area (Å²) in [6.45, 7) is 3.49. The van der Waals surface area contributed by atoms with Crippen molar-refractivity contribution in [2.75, 3.05) is 12.3 Å². The van der Waals surface area contributed by atoms with Crippen LogP contribution in [0.1, 0.15) is 37.7 Å². The zero-order valence-electron chi connectivity index (χ0n) is 10.5. The van der Waals surface area contributed by atoms with Crippen LogP contribution in [0.3, 0.4) is 0 Å². The molecule has 1 aromatic carbocycles. The average Bonchev–Trinajstić information content (AvgIpc) is 3.06. The van der Waals surface area contributed by atoms with E-state index in [2.05, 4.69) is 36.5 Å². The second-order valence-corrected chi connectivity index (χ2v) is 6.60. The molecule has 2 unspecified atom stereocenters. The van der Waals surface area contributed by atoms with E-state index < -0.39 is 0 Å². The minimum atomic E-state index is 0.695. The summed E-state index contributed by atoms with van der Waals surface area (Å²) in [5.74, 6) is 3.00. The van der Waals surface area contributed by atoms with Gasteiger partial charge in [-0.1, -0.05) is 31.0 Å². The molecule has 1 heterocycles. The van der Waals surface area contributed by atoms with Crippen LogP contribution in [0.5, 0.6) is 0 Å². The standard InChI is InChI=1S/C15H21NS/c1-11(8-12-6-7-12)16-9-13-10-17-15-5-3-2-4-14(13)15/h2-5,11-13,16H,6-10H2,1H3. The van der Waals surface area contributed by atoms with E-state index in [1.807, 2.05) is 11.8 Å². The molecule has 0 amide bonds. The summed E-state index contributed by atoms with van der Waals surface area (Å²) in [6, 6.07) is 9.57. The lowest BCUT2D eigenvalue weighted by Gasteiger charge is -2.17. The van der Waals surface area contributed by atoms with E-state index in [4.69, 9.17) is 0 Å². The van der Waals surface area contributed by atoms with Crippen molar-refractivity contribution in [2.45, 2.75) is 43.0 Å². The number of thioether (sulfide) groups is 1. The summed E-state index contributed by atoms with van der Waals surface area (Å²) in [4.78, 5) is 1.49. The fourth-order valence-corrected chi connectivity index (χ4v) is 3.93. The number of benzene rings is 1. The van der Waals surface area contributed by atoms with Crippen LogP contribution in [0.2, 0.25) is 0 Å². The van der Waals surface area contributed by atoms with E-state index in [9.17, 15) is 0 Å². The highest BCUT2D eigenvalue weighted by Gasteiger charge is 2.25. The lowest BCUT2D eigenvalue weighted by atomic mass is 10.0. The van der Waals surface area contributed by atoms with Crippen LogP contribution in [-0.2, 0) is 0 Å². The van der Waals surface area contributed by atoms with Crippen LogP contribution >= 0.6 is 11.8 Å². The van der Waals surface area contributed by atoms with E-state index >= 15 is 0 Å². The monoisotopic (exact) mass is 247 g/mol. The van der Waals surface area contributed by atoms with Gasteiger partial charge in [0.15, 0.2) is 0 Å². The molecule has 2 atom stereocenters. The van der Waals surface area contributed by atoms with Crippen LogP contribution in [0, 0.1) is 5.92 Å². The van der Waals surface area contributed by atoms with Crippen LogP contribution in [0.15, 0.2) is 29.2 Å². The SMILES string of the molecule is CC(CC1CC1)NCC1CSc2ccccc21. The van der Waals surface area contributed by atoms with Crippen LogP contribution in [0.25, 0.3) is 0 Å². The first kappa shape index (κ1) is 11.6. The normalized spacial score (nSPS) is 24.6. The van der Waals surface area contributed by atoms with Crippen LogP contribution in [-0.4, -0.2) is 18.3 Å². The van der Waals surface area contributed by atoms with Crippen molar-refractivity contribution in [3.63, 3.8) is 0 Å². The molecule has 0 aromatic heterocycles. The molecule has 1 nitrogen and oxygen atoms in total. The van der Waals surface area contributed by atoms with Gasteiger partial charge in [-0.2, -0.15) is 0 Å². The van der Waals surface area contributed by atoms with Gasteiger partial charge in [-0.25, -0.2) is 0 Å². The summed E-state index contributed by atoms with van der Waals surface area (Å²) < 4.78 is 0. The molecule has 0 spiro atoms. The van der Waals surface area contributed by atoms with Gasteiger partial charge in [0.05, 0.1) is 0 Å². The highest BCUT2D eigenvalue weighted by molar-refractivity contribution is 7.99. The van der Waals surface area contributed by atoms with E-state index in [0.717, 1.165) is 18.4 Å². The van der Waals surface area contributed by atoms with Crippen molar-refractivity contribution in [2.24, 2.45) is 5.92 Å². The molecule has 0 saturated heterocycles. The maximum atomic E-state index is 3.72. The summed E-state index contributed by atoms with van der Waals surface area (Å²) in [5.41, 5.74) is 1.56. The third kappa shape index (κ3) is 2.86. The molecule has 0 bridgehead atoms. The van der Waals surface area contributed by atoms with Gasteiger partial charge >= 0.3 is 0 Å². The first-order chi connectivity index (χ1) is 8.33. The molecule has 1 N–H and O–H groups in total. The number of hydrogen-bond donors (Lipinski definition) is 1. The molecule has 1 fully saturated rings. The zero-order chi connectivity index (χ0) is 11.7. The van der Waals surface area contributed by atoms with Crippen molar-refractivity contribution in [1.29, 1.82) is 0 Å². The molecule has 17 heavy (non-hydrogen) atoms. The van der Waals surface area contributed by atoms with Crippen molar-refractivity contribution in [3.05, 3.63) is 29.8 Å². The Morgan fingerprint density at radius 3 is 3.00 bits per heavy atom. The topological polar surface area (TPSA) is 12.0 Å². The van der Waals surface area contributed by atoms with Gasteiger partial charge in [0.2, 0.25) is 0 Å². The molecule has 1 aliphatic carbocycles. The highest BCUT2D eigenvalue weighted by atomic mass is 32.2. The van der Waals surface area contributed by atoms with Crippen molar-refractivity contribution in [1.82, 2.24) is 5.32 Å². The summed E-state index contributed by atoms with van der Waals surface area (Å²) in [5, 5.41) is 3.72. The first-order valence-electron chi connectivity index (χ1n) is 6.78. The zero-order valence-corrected chi connectivity index (χ0v) is 11.3. The maximum absolute atomic E-state index is 3.72. The quantitative estimate of drug-likeness (QED) is 0.852. The van der Waals surface area contributed by atoms with E-state index in [1.165, 1.54) is 29.9 Å². The third-order valence-electron chi connectivity index (χ3n) is 3.90. The number of fused-ring (bicyclic) bond motifs is 1. The molecule has 1 aromatic rings. The molecule has 92 valence electrons. The Bertz CT molecular complexity index is 386. The lowest BCUT2D eigenvalue weighted by molar-refractivity contribution is 0.473. The maximum Gasteiger partial charge on any atom is 0.0108 e. The molecule has 2 heteroatoms. The summed E-state index contributed by atoms with van der Waals surface area (Å²) >= 11 is 2.01. The highest BCUT2D eigenvalue weighted by Crippen LogP contribution is 2.39. The number of nitrogens with one attached hydrogen (secondary N) is 1. The molecule has 0 radical (unpaired) electrons. The Morgan fingerprint density at radius 1 is 1.35 bits per heavy atom. The Labute approximate surface area is 108 Å². The van der Waals surface area contributed by atoms with Gasteiger partial charge in [0.1, 0.15) is 0 Å². The van der Waals surface area contributed by atoms with Gasteiger partial charge in [0.25, 0.3) is 0 Å². The second-order valence-electron chi connectivity index (χ2n) is 5.53. The van der Waals surface area contributed by atoms with Crippen molar-refractivity contribution < 1.29 is 0 Å². The van der Waals surface area contributed by atoms with Gasteiger partial charge < -0.3 is 5.32 Å².